The second kappa shape index (κ2) is 4.22. The second-order valence-electron chi connectivity index (χ2n) is 3.51. The number of fused-ring (bicyclic) bond motifs is 1. The molecule has 0 aliphatic heterocycles. The van der Waals surface area contributed by atoms with Crippen LogP contribution in [-0.4, -0.2) is 11.7 Å². The fraction of sp³-hybridized carbons (Fsp3) is 0.231. The first-order valence-electron chi connectivity index (χ1n) is 5.16. The van der Waals surface area contributed by atoms with Crippen molar-refractivity contribution >= 4 is 10.8 Å². The normalized spacial score (nSPS) is 10.5. The molecular formula is C13H14O2. The highest BCUT2D eigenvalue weighted by Gasteiger charge is 2.00. The van der Waals surface area contributed by atoms with Gasteiger partial charge in [-0.15, -0.1) is 0 Å². The van der Waals surface area contributed by atoms with E-state index in [0.29, 0.717) is 5.75 Å². The van der Waals surface area contributed by atoms with Crippen LogP contribution in [-0.2, 0) is 0 Å². The fourth-order valence-electron chi connectivity index (χ4n) is 1.55. The van der Waals surface area contributed by atoms with Crippen molar-refractivity contribution < 1.29 is 9.84 Å². The molecule has 0 aliphatic carbocycles. The molecule has 78 valence electrons. The van der Waals surface area contributed by atoms with Gasteiger partial charge in [-0.2, -0.15) is 0 Å². The maximum atomic E-state index is 9.60. The first kappa shape index (κ1) is 9.84. The van der Waals surface area contributed by atoms with E-state index in [1.165, 1.54) is 0 Å². The van der Waals surface area contributed by atoms with E-state index in [9.17, 15) is 5.11 Å². The third-order valence-electron chi connectivity index (χ3n) is 2.30. The molecule has 0 amide bonds. The van der Waals surface area contributed by atoms with Gasteiger partial charge in [0.2, 0.25) is 0 Å². The Hall–Kier alpha value is -1.70. The van der Waals surface area contributed by atoms with Crippen molar-refractivity contribution in [2.45, 2.75) is 13.3 Å². The summed E-state index contributed by atoms with van der Waals surface area (Å²) in [6.07, 6.45) is 0.998. The molecule has 15 heavy (non-hydrogen) atoms. The Labute approximate surface area is 89.1 Å². The molecule has 0 saturated heterocycles. The molecule has 0 heterocycles. The summed E-state index contributed by atoms with van der Waals surface area (Å²) in [6, 6.07) is 11.2. The number of phenolic OH excluding ortho intramolecular Hbond substituents is 1. The van der Waals surface area contributed by atoms with Crippen molar-refractivity contribution in [1.82, 2.24) is 0 Å². The zero-order chi connectivity index (χ0) is 10.7. The first-order valence-corrected chi connectivity index (χ1v) is 5.16. The molecule has 2 aromatic rings. The van der Waals surface area contributed by atoms with Gasteiger partial charge >= 0.3 is 0 Å². The molecule has 0 spiro atoms. The van der Waals surface area contributed by atoms with Crippen LogP contribution in [0.5, 0.6) is 11.5 Å². The van der Waals surface area contributed by atoms with Gasteiger partial charge in [0.05, 0.1) is 6.61 Å². The van der Waals surface area contributed by atoms with Crippen molar-refractivity contribution in [3.8, 4) is 11.5 Å². The van der Waals surface area contributed by atoms with Crippen LogP contribution in [0, 0.1) is 0 Å². The van der Waals surface area contributed by atoms with Gasteiger partial charge in [0.25, 0.3) is 0 Å². The standard InChI is InChI=1S/C13H14O2/c1-2-8-15-11-6-7-12-10(9-11)4-3-5-13(12)14/h3-7,9,14H,2,8H2,1H3. The molecule has 0 unspecified atom stereocenters. The monoisotopic (exact) mass is 202 g/mol. The summed E-state index contributed by atoms with van der Waals surface area (Å²) in [7, 11) is 0. The SMILES string of the molecule is CCCOc1ccc2c(O)cccc2c1. The van der Waals surface area contributed by atoms with E-state index in [2.05, 4.69) is 6.92 Å². The van der Waals surface area contributed by atoms with Gasteiger partial charge in [0.1, 0.15) is 11.5 Å². The minimum Gasteiger partial charge on any atom is -0.507 e. The summed E-state index contributed by atoms with van der Waals surface area (Å²) in [4.78, 5) is 0. The Morgan fingerprint density at radius 2 is 2.07 bits per heavy atom. The van der Waals surface area contributed by atoms with Crippen molar-refractivity contribution in [2.24, 2.45) is 0 Å². The van der Waals surface area contributed by atoms with Crippen molar-refractivity contribution in [3.05, 3.63) is 36.4 Å². The van der Waals surface area contributed by atoms with Crippen LogP contribution in [0.2, 0.25) is 0 Å². The van der Waals surface area contributed by atoms with Gasteiger partial charge in [-0.1, -0.05) is 19.1 Å². The lowest BCUT2D eigenvalue weighted by Crippen LogP contribution is -1.94. The van der Waals surface area contributed by atoms with E-state index in [1.807, 2.05) is 30.3 Å². The van der Waals surface area contributed by atoms with E-state index in [4.69, 9.17) is 4.74 Å². The second-order valence-corrected chi connectivity index (χ2v) is 3.51. The number of aromatic hydroxyl groups is 1. The lowest BCUT2D eigenvalue weighted by Gasteiger charge is -2.06. The third-order valence-corrected chi connectivity index (χ3v) is 2.30. The maximum absolute atomic E-state index is 9.60. The molecule has 0 aromatic heterocycles. The van der Waals surface area contributed by atoms with Gasteiger partial charge < -0.3 is 9.84 Å². The van der Waals surface area contributed by atoms with Crippen LogP contribution >= 0.6 is 0 Å². The predicted molar refractivity (Wildman–Crippen MR) is 61.4 cm³/mol. The molecule has 0 bridgehead atoms. The quantitative estimate of drug-likeness (QED) is 0.827. The molecule has 2 aromatic carbocycles. The molecule has 0 saturated carbocycles. The van der Waals surface area contributed by atoms with Gasteiger partial charge in [-0.25, -0.2) is 0 Å². The number of phenols is 1. The Bertz CT molecular complexity index is 463. The van der Waals surface area contributed by atoms with Crippen molar-refractivity contribution in [1.29, 1.82) is 0 Å². The summed E-state index contributed by atoms with van der Waals surface area (Å²) in [6.45, 7) is 2.80. The summed E-state index contributed by atoms with van der Waals surface area (Å²) < 4.78 is 5.52. The zero-order valence-corrected chi connectivity index (χ0v) is 8.73. The molecule has 2 rings (SSSR count). The lowest BCUT2D eigenvalue weighted by atomic mass is 10.1. The van der Waals surface area contributed by atoms with Crippen molar-refractivity contribution in [3.63, 3.8) is 0 Å². The number of ether oxygens (including phenoxy) is 1. The molecule has 1 N–H and O–H groups in total. The van der Waals surface area contributed by atoms with Gasteiger partial charge in [0, 0.05) is 5.39 Å². The molecule has 0 fully saturated rings. The third kappa shape index (κ3) is 2.04. The zero-order valence-electron chi connectivity index (χ0n) is 8.73. The van der Waals surface area contributed by atoms with Crippen LogP contribution in [0.3, 0.4) is 0 Å². The Morgan fingerprint density at radius 3 is 2.87 bits per heavy atom. The molecule has 0 aliphatic rings. The van der Waals surface area contributed by atoms with Crippen LogP contribution in [0.4, 0.5) is 0 Å². The number of hydrogen-bond acceptors (Lipinski definition) is 2. The van der Waals surface area contributed by atoms with E-state index >= 15 is 0 Å². The number of hydrogen-bond donors (Lipinski definition) is 1. The van der Waals surface area contributed by atoms with E-state index in [1.54, 1.807) is 6.07 Å². The van der Waals surface area contributed by atoms with E-state index < -0.39 is 0 Å². The van der Waals surface area contributed by atoms with E-state index in [-0.39, 0.29) is 0 Å². The highest BCUT2D eigenvalue weighted by molar-refractivity contribution is 5.89. The summed E-state index contributed by atoms with van der Waals surface area (Å²) in [5.74, 6) is 1.17. The molecule has 2 heteroatoms. The van der Waals surface area contributed by atoms with Crippen LogP contribution in [0.25, 0.3) is 10.8 Å². The largest absolute Gasteiger partial charge is 0.507 e. The fourth-order valence-corrected chi connectivity index (χ4v) is 1.55. The smallest absolute Gasteiger partial charge is 0.123 e. The van der Waals surface area contributed by atoms with Gasteiger partial charge in [0.15, 0.2) is 0 Å². The number of rotatable bonds is 3. The van der Waals surface area contributed by atoms with Crippen LogP contribution in [0.1, 0.15) is 13.3 Å². The lowest BCUT2D eigenvalue weighted by molar-refractivity contribution is 0.318. The van der Waals surface area contributed by atoms with Crippen LogP contribution < -0.4 is 4.74 Å². The predicted octanol–water partition coefficient (Wildman–Crippen LogP) is 3.33. The van der Waals surface area contributed by atoms with Crippen LogP contribution in [0.15, 0.2) is 36.4 Å². The molecule has 0 atom stereocenters. The average Bonchev–Trinajstić information content (AvgIpc) is 2.26. The topological polar surface area (TPSA) is 29.5 Å². The van der Waals surface area contributed by atoms with E-state index in [0.717, 1.165) is 29.5 Å². The Kier molecular flexibility index (Phi) is 2.77. The Morgan fingerprint density at radius 1 is 1.20 bits per heavy atom. The highest BCUT2D eigenvalue weighted by atomic mass is 16.5. The average molecular weight is 202 g/mol. The first-order chi connectivity index (χ1) is 7.31. The summed E-state index contributed by atoms with van der Waals surface area (Å²) in [5, 5.41) is 11.5. The minimum absolute atomic E-state index is 0.314. The summed E-state index contributed by atoms with van der Waals surface area (Å²) >= 11 is 0. The highest BCUT2D eigenvalue weighted by Crippen LogP contribution is 2.27. The number of benzene rings is 2. The minimum atomic E-state index is 0.314. The maximum Gasteiger partial charge on any atom is 0.123 e. The Balaban J connectivity index is 2.39. The van der Waals surface area contributed by atoms with Crippen molar-refractivity contribution in [2.75, 3.05) is 6.61 Å². The van der Waals surface area contributed by atoms with Gasteiger partial charge in [-0.3, -0.25) is 0 Å². The molecule has 2 nitrogen and oxygen atoms in total. The molecular weight excluding hydrogens is 188 g/mol. The summed E-state index contributed by atoms with van der Waals surface area (Å²) in [5.41, 5.74) is 0. The molecule has 0 radical (unpaired) electrons. The van der Waals surface area contributed by atoms with Gasteiger partial charge in [-0.05, 0) is 36.1 Å².